The molecule has 0 spiro atoms. The Bertz CT molecular complexity index is 741. The first-order valence-electron chi connectivity index (χ1n) is 7.83. The van der Waals surface area contributed by atoms with Crippen LogP contribution in [0.1, 0.15) is 6.42 Å². The van der Waals surface area contributed by atoms with E-state index < -0.39 is 0 Å². The topological polar surface area (TPSA) is 63.2 Å². The molecule has 0 bridgehead atoms. The molecule has 0 unspecified atom stereocenters. The van der Waals surface area contributed by atoms with Crippen LogP contribution in [0, 0.1) is 0 Å². The van der Waals surface area contributed by atoms with Crippen LogP contribution in [-0.4, -0.2) is 24.4 Å². The summed E-state index contributed by atoms with van der Waals surface area (Å²) in [4.78, 5) is 25.8. The number of nitrogens with two attached hydrogens (primary N) is 1. The van der Waals surface area contributed by atoms with Crippen LogP contribution in [0.4, 0.5) is 5.69 Å². The first-order chi connectivity index (χ1) is 11.7. The van der Waals surface area contributed by atoms with E-state index in [1.54, 1.807) is 30.3 Å². The van der Waals surface area contributed by atoms with Crippen LogP contribution >= 0.6 is 0 Å². The van der Waals surface area contributed by atoms with Gasteiger partial charge in [0.1, 0.15) is 11.5 Å². The second-order valence-electron chi connectivity index (χ2n) is 5.55. The Hall–Kier alpha value is -2.92. The summed E-state index contributed by atoms with van der Waals surface area (Å²) in [5.41, 5.74) is 0.569. The highest BCUT2D eigenvalue weighted by molar-refractivity contribution is 6.21. The molecule has 1 atom stereocenters. The number of para-hydroxylation sites is 1. The Kier molecular flexibility index (Phi) is 4.72. The van der Waals surface area contributed by atoms with Gasteiger partial charge in [0.25, 0.3) is 5.91 Å². The smallest absolute Gasteiger partial charge is 0.292 e. The molecule has 2 N–H and O–H groups in total. The fourth-order valence-corrected chi connectivity index (χ4v) is 2.66. The highest BCUT2D eigenvalue weighted by Crippen LogP contribution is 2.26. The summed E-state index contributed by atoms with van der Waals surface area (Å²) >= 11 is 0. The summed E-state index contributed by atoms with van der Waals surface area (Å²) in [7, 11) is 0. The normalized spacial score (nSPS) is 17.2. The van der Waals surface area contributed by atoms with E-state index in [0.717, 1.165) is 5.75 Å². The average molecular weight is 323 g/mol. The quantitative estimate of drug-likeness (QED) is 0.652. The predicted octanol–water partition coefficient (Wildman–Crippen LogP) is 1.86. The van der Waals surface area contributed by atoms with Gasteiger partial charge in [0.2, 0.25) is 5.91 Å². The van der Waals surface area contributed by atoms with Gasteiger partial charge in [-0.3, -0.25) is 9.59 Å². The Balaban J connectivity index is 1.72. The van der Waals surface area contributed by atoms with Gasteiger partial charge in [0, 0.05) is 0 Å². The van der Waals surface area contributed by atoms with E-state index >= 15 is 0 Å². The maximum absolute atomic E-state index is 12.4. The third-order valence-electron chi connectivity index (χ3n) is 3.84. The van der Waals surface area contributed by atoms with Crippen molar-refractivity contribution >= 4 is 17.5 Å². The molecule has 0 radical (unpaired) electrons. The summed E-state index contributed by atoms with van der Waals surface area (Å²) < 4.78 is 5.72. The van der Waals surface area contributed by atoms with Crippen molar-refractivity contribution in [2.45, 2.75) is 12.5 Å². The van der Waals surface area contributed by atoms with Crippen molar-refractivity contribution in [3.63, 3.8) is 0 Å². The number of hydrogen-bond donors (Lipinski definition) is 1. The molecule has 5 heteroatoms. The molecule has 2 aromatic carbocycles. The number of hydrogen-bond acceptors (Lipinski definition) is 3. The molecule has 5 nitrogen and oxygen atoms in total. The number of imide groups is 1. The van der Waals surface area contributed by atoms with Crippen LogP contribution in [0.25, 0.3) is 0 Å². The van der Waals surface area contributed by atoms with Crippen molar-refractivity contribution in [3.8, 4) is 11.5 Å². The number of carbonyl (C=O) groups excluding carboxylic acids is 2. The van der Waals surface area contributed by atoms with Crippen LogP contribution < -0.4 is 15.0 Å². The fourth-order valence-electron chi connectivity index (χ4n) is 2.66. The van der Waals surface area contributed by atoms with E-state index in [4.69, 9.17) is 4.74 Å². The largest absolute Gasteiger partial charge is 0.457 e. The second-order valence-corrected chi connectivity index (χ2v) is 5.55. The van der Waals surface area contributed by atoms with Crippen LogP contribution in [0.15, 0.2) is 67.3 Å². The molecule has 0 aliphatic carbocycles. The molecule has 0 aromatic heterocycles. The minimum atomic E-state index is -0.365. The second kappa shape index (κ2) is 7.10. The molecule has 0 saturated carbocycles. The minimum Gasteiger partial charge on any atom is -0.457 e. The number of ether oxygens (including phenoxy) is 1. The molecule has 1 aliphatic rings. The zero-order chi connectivity index (χ0) is 16.9. The molecule has 2 amide bonds. The van der Waals surface area contributed by atoms with Crippen LogP contribution in [-0.2, 0) is 9.59 Å². The summed E-state index contributed by atoms with van der Waals surface area (Å²) in [6.07, 6.45) is 1.94. The maximum atomic E-state index is 12.4. The Labute approximate surface area is 140 Å². The molecule has 1 heterocycles. The van der Waals surface area contributed by atoms with E-state index in [1.165, 1.54) is 4.90 Å². The molecular formula is C19H19N2O3+. The number of nitrogens with zero attached hydrogens (tertiary/aromatic N) is 1. The van der Waals surface area contributed by atoms with Crippen LogP contribution in [0.3, 0.4) is 0 Å². The zero-order valence-corrected chi connectivity index (χ0v) is 13.2. The average Bonchev–Trinajstić information content (AvgIpc) is 2.89. The third-order valence-corrected chi connectivity index (χ3v) is 3.84. The van der Waals surface area contributed by atoms with E-state index in [-0.39, 0.29) is 24.3 Å². The van der Waals surface area contributed by atoms with Gasteiger partial charge in [-0.25, -0.2) is 4.90 Å². The van der Waals surface area contributed by atoms with Crippen molar-refractivity contribution in [3.05, 3.63) is 67.3 Å². The van der Waals surface area contributed by atoms with Crippen molar-refractivity contribution < 1.29 is 19.6 Å². The van der Waals surface area contributed by atoms with Crippen LogP contribution in [0.2, 0.25) is 0 Å². The first-order valence-corrected chi connectivity index (χ1v) is 7.83. The van der Waals surface area contributed by atoms with Gasteiger partial charge in [-0.1, -0.05) is 24.8 Å². The molecule has 122 valence electrons. The van der Waals surface area contributed by atoms with Gasteiger partial charge in [-0.05, 0) is 42.5 Å². The van der Waals surface area contributed by atoms with Gasteiger partial charge in [-0.15, -0.1) is 0 Å². The predicted molar refractivity (Wildman–Crippen MR) is 90.8 cm³/mol. The van der Waals surface area contributed by atoms with Crippen molar-refractivity contribution in [2.24, 2.45) is 0 Å². The number of rotatable bonds is 6. The number of benzene rings is 2. The number of quaternary nitrogens is 1. The highest BCUT2D eigenvalue weighted by atomic mass is 16.5. The van der Waals surface area contributed by atoms with Gasteiger partial charge >= 0.3 is 0 Å². The molecule has 1 fully saturated rings. The van der Waals surface area contributed by atoms with Gasteiger partial charge in [-0.2, -0.15) is 0 Å². The molecule has 1 saturated heterocycles. The van der Waals surface area contributed by atoms with Crippen molar-refractivity contribution in [1.29, 1.82) is 0 Å². The Morgan fingerprint density at radius 3 is 2.42 bits per heavy atom. The van der Waals surface area contributed by atoms with Crippen LogP contribution in [0.5, 0.6) is 11.5 Å². The molecule has 1 aliphatic heterocycles. The highest BCUT2D eigenvalue weighted by Gasteiger charge is 2.41. The lowest BCUT2D eigenvalue weighted by Gasteiger charge is -2.14. The minimum absolute atomic E-state index is 0.179. The van der Waals surface area contributed by atoms with Gasteiger partial charge in [0.05, 0.1) is 18.7 Å². The Morgan fingerprint density at radius 2 is 1.75 bits per heavy atom. The number of carbonyl (C=O) groups is 2. The molecular weight excluding hydrogens is 304 g/mol. The standard InChI is InChI=1S/C19H18N2O3/c1-2-12-20-17-13-18(22)21(19(17)23)14-8-10-16(11-9-14)24-15-6-4-3-5-7-15/h2-11,17,20H,1,12-13H2/p+1/t17-/m0/s1. The van der Waals surface area contributed by atoms with Gasteiger partial charge in [0.15, 0.2) is 6.04 Å². The lowest BCUT2D eigenvalue weighted by Crippen LogP contribution is -2.91. The molecule has 3 rings (SSSR count). The third kappa shape index (κ3) is 3.36. The zero-order valence-electron chi connectivity index (χ0n) is 13.2. The summed E-state index contributed by atoms with van der Waals surface area (Å²) in [6.45, 7) is 4.24. The SMILES string of the molecule is C=CC[NH2+][C@H]1CC(=O)N(c2ccc(Oc3ccccc3)cc2)C1=O. The fraction of sp³-hybridized carbons (Fsp3) is 0.158. The van der Waals surface area contributed by atoms with E-state index in [1.807, 2.05) is 35.6 Å². The lowest BCUT2D eigenvalue weighted by atomic mass is 10.2. The lowest BCUT2D eigenvalue weighted by molar-refractivity contribution is -0.666. The first kappa shape index (κ1) is 16.0. The molecule has 24 heavy (non-hydrogen) atoms. The number of anilines is 1. The van der Waals surface area contributed by atoms with E-state index in [0.29, 0.717) is 18.0 Å². The summed E-state index contributed by atoms with van der Waals surface area (Å²) in [5, 5.41) is 1.83. The maximum Gasteiger partial charge on any atom is 0.292 e. The van der Waals surface area contributed by atoms with Crippen molar-refractivity contribution in [2.75, 3.05) is 11.4 Å². The monoisotopic (exact) mass is 323 g/mol. The summed E-state index contributed by atoms with van der Waals surface area (Å²) in [6, 6.07) is 16.0. The van der Waals surface area contributed by atoms with E-state index in [2.05, 4.69) is 6.58 Å². The Morgan fingerprint density at radius 1 is 1.08 bits per heavy atom. The molecule has 2 aromatic rings. The number of amides is 2. The van der Waals surface area contributed by atoms with E-state index in [9.17, 15) is 9.59 Å². The van der Waals surface area contributed by atoms with Crippen molar-refractivity contribution in [1.82, 2.24) is 0 Å². The van der Waals surface area contributed by atoms with Gasteiger partial charge < -0.3 is 10.1 Å². The summed E-state index contributed by atoms with van der Waals surface area (Å²) in [5.74, 6) is 1.03.